The summed E-state index contributed by atoms with van der Waals surface area (Å²) in [5, 5.41) is 12.6. The van der Waals surface area contributed by atoms with E-state index < -0.39 is 0 Å². The molecule has 0 amide bonds. The molecule has 0 unspecified atom stereocenters. The lowest BCUT2D eigenvalue weighted by Crippen LogP contribution is -1.96. The number of hydrogen-bond donors (Lipinski definition) is 1. The Morgan fingerprint density at radius 1 is 1.04 bits per heavy atom. The zero-order valence-electron chi connectivity index (χ0n) is 13.5. The number of thioether (sulfide) groups is 1. The quantitative estimate of drug-likeness (QED) is 0.588. The van der Waals surface area contributed by atoms with Crippen LogP contribution in [0.2, 0.25) is 0 Å². The number of benzene rings is 2. The van der Waals surface area contributed by atoms with Crippen molar-refractivity contribution in [2.75, 3.05) is 11.9 Å². The van der Waals surface area contributed by atoms with Crippen LogP contribution in [0.25, 0.3) is 6.08 Å². The van der Waals surface area contributed by atoms with Crippen LogP contribution in [0.4, 0.5) is 5.13 Å². The van der Waals surface area contributed by atoms with Gasteiger partial charge in [-0.15, -0.1) is 10.2 Å². The first kappa shape index (κ1) is 16.7. The first-order valence-corrected chi connectivity index (χ1v) is 9.58. The molecule has 1 N–H and O–H groups in total. The monoisotopic (exact) mass is 353 g/mol. The van der Waals surface area contributed by atoms with Gasteiger partial charge in [0.25, 0.3) is 0 Å². The summed E-state index contributed by atoms with van der Waals surface area (Å²) in [5.41, 5.74) is 3.86. The van der Waals surface area contributed by atoms with Crippen LogP contribution < -0.4 is 5.32 Å². The molecule has 1 aromatic heterocycles. The summed E-state index contributed by atoms with van der Waals surface area (Å²) >= 11 is 3.33. The molecule has 122 valence electrons. The number of aryl methyl sites for hydroxylation is 1. The highest BCUT2D eigenvalue weighted by atomic mass is 32.2. The van der Waals surface area contributed by atoms with E-state index in [0.29, 0.717) is 0 Å². The highest BCUT2D eigenvalue weighted by Gasteiger charge is 2.05. The van der Waals surface area contributed by atoms with E-state index in [9.17, 15) is 0 Å². The van der Waals surface area contributed by atoms with E-state index >= 15 is 0 Å². The van der Waals surface area contributed by atoms with Crippen LogP contribution in [0.1, 0.15) is 16.7 Å². The number of anilines is 1. The highest BCUT2D eigenvalue weighted by Crippen LogP contribution is 2.28. The molecule has 1 heterocycles. The molecule has 0 aliphatic heterocycles. The van der Waals surface area contributed by atoms with Gasteiger partial charge in [0.05, 0.1) is 0 Å². The second kappa shape index (κ2) is 8.66. The summed E-state index contributed by atoms with van der Waals surface area (Å²) in [6.45, 7) is 2.88. The number of aromatic nitrogens is 2. The maximum Gasteiger partial charge on any atom is 0.206 e. The highest BCUT2D eigenvalue weighted by molar-refractivity contribution is 8.00. The molecule has 2 aromatic carbocycles. The summed E-state index contributed by atoms with van der Waals surface area (Å²) in [7, 11) is 0. The molecule has 0 radical (unpaired) electrons. The summed E-state index contributed by atoms with van der Waals surface area (Å²) in [4.78, 5) is 0. The third-order valence-corrected chi connectivity index (χ3v) is 5.56. The first-order valence-electron chi connectivity index (χ1n) is 7.77. The Balaban J connectivity index is 1.47. The maximum atomic E-state index is 4.24. The van der Waals surface area contributed by atoms with E-state index in [1.165, 1.54) is 16.7 Å². The van der Waals surface area contributed by atoms with Crippen molar-refractivity contribution in [3.05, 3.63) is 77.4 Å². The molecule has 24 heavy (non-hydrogen) atoms. The Bertz CT molecular complexity index is 797. The Hall–Kier alpha value is -2.11. The minimum Gasteiger partial charge on any atom is -0.357 e. The predicted octanol–water partition coefficient (Wildman–Crippen LogP) is 5.26. The van der Waals surface area contributed by atoms with Crippen LogP contribution in [-0.4, -0.2) is 16.7 Å². The molecule has 0 bridgehead atoms. The number of rotatable bonds is 7. The van der Waals surface area contributed by atoms with Gasteiger partial charge >= 0.3 is 0 Å². The molecule has 0 aliphatic carbocycles. The zero-order valence-corrected chi connectivity index (χ0v) is 15.1. The van der Waals surface area contributed by atoms with E-state index in [1.807, 2.05) is 18.2 Å². The summed E-state index contributed by atoms with van der Waals surface area (Å²) in [6.07, 6.45) is 4.19. The lowest BCUT2D eigenvalue weighted by molar-refractivity contribution is 1.01. The third-order valence-electron chi connectivity index (χ3n) is 3.50. The molecular formula is C19H19N3S2. The topological polar surface area (TPSA) is 37.8 Å². The van der Waals surface area contributed by atoms with Gasteiger partial charge in [-0.3, -0.25) is 0 Å². The molecule has 3 aromatic rings. The standard InChI is InChI=1S/C19H19N3S2/c1-15-8-5-6-12-17(15)14-23-19-22-21-18(24-19)20-13-7-11-16-9-3-2-4-10-16/h2-12H,13-14H2,1H3,(H,20,21)/b11-7+. The van der Waals surface area contributed by atoms with Crippen LogP contribution >= 0.6 is 23.1 Å². The van der Waals surface area contributed by atoms with Gasteiger partial charge in [0.1, 0.15) is 0 Å². The summed E-state index contributed by atoms with van der Waals surface area (Å²) in [6, 6.07) is 18.7. The summed E-state index contributed by atoms with van der Waals surface area (Å²) in [5.74, 6) is 0.926. The average molecular weight is 354 g/mol. The van der Waals surface area contributed by atoms with Crippen LogP contribution in [0.15, 0.2) is 65.0 Å². The Kier molecular flexibility index (Phi) is 6.04. The van der Waals surface area contributed by atoms with Crippen LogP contribution in [0.5, 0.6) is 0 Å². The second-order valence-corrected chi connectivity index (χ2v) is 7.48. The largest absolute Gasteiger partial charge is 0.357 e. The van der Waals surface area contributed by atoms with Crippen molar-refractivity contribution in [1.29, 1.82) is 0 Å². The SMILES string of the molecule is Cc1ccccc1CSc1nnc(NC/C=C/c2ccccc2)s1. The molecule has 0 atom stereocenters. The minimum atomic E-state index is 0.742. The number of hydrogen-bond acceptors (Lipinski definition) is 5. The van der Waals surface area contributed by atoms with Crippen molar-refractivity contribution in [2.24, 2.45) is 0 Å². The first-order chi connectivity index (χ1) is 11.8. The smallest absolute Gasteiger partial charge is 0.206 e. The van der Waals surface area contributed by atoms with Gasteiger partial charge in [-0.1, -0.05) is 89.8 Å². The molecule has 0 fully saturated rings. The molecule has 0 saturated carbocycles. The van der Waals surface area contributed by atoms with Crippen molar-refractivity contribution in [3.63, 3.8) is 0 Å². The van der Waals surface area contributed by atoms with Gasteiger partial charge in [-0.05, 0) is 23.6 Å². The molecule has 3 rings (SSSR count). The van der Waals surface area contributed by atoms with E-state index in [2.05, 4.69) is 71.0 Å². The van der Waals surface area contributed by atoms with E-state index in [4.69, 9.17) is 0 Å². The molecule has 3 nitrogen and oxygen atoms in total. The average Bonchev–Trinajstić information content (AvgIpc) is 3.07. The molecule has 0 saturated heterocycles. The molecule has 0 aliphatic rings. The van der Waals surface area contributed by atoms with E-state index in [0.717, 1.165) is 21.8 Å². The van der Waals surface area contributed by atoms with Crippen molar-refractivity contribution >= 4 is 34.3 Å². The van der Waals surface area contributed by atoms with E-state index in [-0.39, 0.29) is 0 Å². The molecule has 5 heteroatoms. The maximum absolute atomic E-state index is 4.24. The number of nitrogens with one attached hydrogen (secondary N) is 1. The lowest BCUT2D eigenvalue weighted by atomic mass is 10.1. The Morgan fingerprint density at radius 3 is 2.67 bits per heavy atom. The van der Waals surface area contributed by atoms with Crippen molar-refractivity contribution in [3.8, 4) is 0 Å². The molecular weight excluding hydrogens is 334 g/mol. The van der Waals surface area contributed by atoms with Crippen molar-refractivity contribution in [1.82, 2.24) is 10.2 Å². The lowest BCUT2D eigenvalue weighted by Gasteiger charge is -2.02. The normalized spacial score (nSPS) is 11.0. The van der Waals surface area contributed by atoms with E-state index in [1.54, 1.807) is 23.1 Å². The van der Waals surface area contributed by atoms with Gasteiger partial charge in [-0.25, -0.2) is 0 Å². The van der Waals surface area contributed by atoms with Crippen LogP contribution in [-0.2, 0) is 5.75 Å². The fourth-order valence-corrected chi connectivity index (χ4v) is 3.99. The van der Waals surface area contributed by atoms with Crippen molar-refractivity contribution in [2.45, 2.75) is 17.0 Å². The van der Waals surface area contributed by atoms with Gasteiger partial charge in [0.2, 0.25) is 5.13 Å². The van der Waals surface area contributed by atoms with Gasteiger partial charge in [0.15, 0.2) is 4.34 Å². The van der Waals surface area contributed by atoms with Gasteiger partial charge in [-0.2, -0.15) is 0 Å². The fraction of sp³-hybridized carbons (Fsp3) is 0.158. The number of nitrogens with zero attached hydrogens (tertiary/aromatic N) is 2. The fourth-order valence-electron chi connectivity index (χ4n) is 2.16. The van der Waals surface area contributed by atoms with Crippen LogP contribution in [0, 0.1) is 6.92 Å². The van der Waals surface area contributed by atoms with Crippen LogP contribution in [0.3, 0.4) is 0 Å². The van der Waals surface area contributed by atoms with Gasteiger partial charge < -0.3 is 5.32 Å². The Labute approximate surface area is 150 Å². The summed E-state index contributed by atoms with van der Waals surface area (Å²) < 4.78 is 0.993. The van der Waals surface area contributed by atoms with Crippen molar-refractivity contribution < 1.29 is 0 Å². The second-order valence-electron chi connectivity index (χ2n) is 5.28. The minimum absolute atomic E-state index is 0.742. The third kappa shape index (κ3) is 4.94. The molecule has 0 spiro atoms. The van der Waals surface area contributed by atoms with Gasteiger partial charge in [0, 0.05) is 12.3 Å². The zero-order chi connectivity index (χ0) is 16.6. The Morgan fingerprint density at radius 2 is 1.83 bits per heavy atom. The predicted molar refractivity (Wildman–Crippen MR) is 105 cm³/mol.